The van der Waals surface area contributed by atoms with Gasteiger partial charge >= 0.3 is 0 Å². The minimum atomic E-state index is -4.37. The largest absolute Gasteiger partial charge is 0.475 e. The van der Waals surface area contributed by atoms with Crippen molar-refractivity contribution in [2.24, 2.45) is 0 Å². The number of sulfonamides is 3. The molecule has 0 atom stereocenters. The molecule has 4 aliphatic heterocycles. The van der Waals surface area contributed by atoms with Crippen LogP contribution < -0.4 is 28.4 Å². The van der Waals surface area contributed by atoms with Gasteiger partial charge in [-0.2, -0.15) is 32.1 Å². The van der Waals surface area contributed by atoms with Gasteiger partial charge in [-0.3, -0.25) is 33.4 Å². The topological polar surface area (TPSA) is 333 Å². The monoisotopic (exact) mass is 1580 g/mol. The first-order chi connectivity index (χ1) is 52.0. The SMILES string of the molecule is CCN1CCc2c3nn(c2C1)C(C)(C)COc1cc(ccn1)-c1cc(C)cc(C(C)C)c1CC(=O)NS3(=O)=O.Cc1cc2c(c(C(C)C)c1)CC(=O)NS(=O)(=O)c1cc(C(=O)N(C)C)n(n1)C(C)(C)COc1cc-2ccn1.Cc1cc2c(c(C(C)C)c1F)CC(=O)NS(=O)(=O)c1cnn(c1)C(C)(C)COc1cc-2ccn1. The summed E-state index contributed by atoms with van der Waals surface area (Å²) in [5, 5.41) is 12.6. The second kappa shape index (κ2) is 31.5. The van der Waals surface area contributed by atoms with Crippen LogP contribution in [0.2, 0.25) is 0 Å². The predicted octanol–water partition coefficient (Wildman–Crippen LogP) is 10.9. The highest BCUT2D eigenvalue weighted by molar-refractivity contribution is 7.90. The Morgan fingerprint density at radius 2 is 1.04 bits per heavy atom. The molecule has 6 aromatic heterocycles. The van der Waals surface area contributed by atoms with E-state index in [0.29, 0.717) is 64.0 Å². The summed E-state index contributed by atoms with van der Waals surface area (Å²) in [5.41, 5.74) is 10.6. The maximum Gasteiger partial charge on any atom is 0.283 e. The molecule has 0 aliphatic carbocycles. The summed E-state index contributed by atoms with van der Waals surface area (Å²) in [6.07, 6.45) is 7.41. The zero-order valence-corrected chi connectivity index (χ0v) is 68.4. The molecule has 27 nitrogen and oxygen atoms in total. The lowest BCUT2D eigenvalue weighted by atomic mass is 9.86. The highest BCUT2D eigenvalue weighted by Gasteiger charge is 2.39. The molecule has 9 aromatic rings. The molecule has 0 unspecified atom stereocenters. The summed E-state index contributed by atoms with van der Waals surface area (Å²) in [6.45, 7) is 33.3. The number of pyridine rings is 3. The number of hydrogen-bond acceptors (Lipinski definition) is 20. The maximum absolute atomic E-state index is 15.2. The fraction of sp³-hybridized carbons (Fsp3) is 0.425. The van der Waals surface area contributed by atoms with E-state index in [0.717, 1.165) is 74.4 Å². The van der Waals surface area contributed by atoms with Gasteiger partial charge in [0, 0.05) is 81.8 Å². The number of aromatic nitrogens is 9. The molecule has 3 N–H and O–H groups in total. The molecule has 0 saturated carbocycles. The first-order valence-corrected chi connectivity index (χ1v) is 41.2. The van der Waals surface area contributed by atoms with Crippen LogP contribution in [0.25, 0.3) is 33.4 Å². The molecule has 590 valence electrons. The number of carbonyl (C=O) groups is 4. The third-order valence-corrected chi connectivity index (χ3v) is 23.8. The van der Waals surface area contributed by atoms with E-state index < -0.39 is 81.2 Å². The maximum atomic E-state index is 15.2. The van der Waals surface area contributed by atoms with Crippen molar-refractivity contribution in [1.82, 2.24) is 68.3 Å². The Hall–Kier alpha value is -10.2. The van der Waals surface area contributed by atoms with Crippen molar-refractivity contribution in [3.63, 3.8) is 0 Å². The van der Waals surface area contributed by atoms with Gasteiger partial charge < -0.3 is 19.1 Å². The Balaban J connectivity index is 0.000000165. The molecule has 111 heavy (non-hydrogen) atoms. The lowest BCUT2D eigenvalue weighted by molar-refractivity contribution is -0.119. The molecule has 0 fully saturated rings. The number of likely N-dealkylation sites (N-methyl/N-ethyl adjacent to an activating group) is 1. The number of rotatable bonds is 5. The first kappa shape index (κ1) is 81.7. The Morgan fingerprint density at radius 1 is 0.577 bits per heavy atom. The second-order valence-corrected chi connectivity index (χ2v) is 36.5. The van der Waals surface area contributed by atoms with Gasteiger partial charge in [-0.05, 0) is 190 Å². The third kappa shape index (κ3) is 17.6. The van der Waals surface area contributed by atoms with Crippen LogP contribution in [0.1, 0.15) is 180 Å². The Bertz CT molecular complexity index is 5510. The van der Waals surface area contributed by atoms with Crippen molar-refractivity contribution in [2.75, 3.05) is 47.0 Å². The van der Waals surface area contributed by atoms with Crippen LogP contribution in [-0.4, -0.2) is 150 Å². The lowest BCUT2D eigenvalue weighted by Crippen LogP contribution is -2.39. The number of hydrogen-bond donors (Lipinski definition) is 3. The zero-order valence-electron chi connectivity index (χ0n) is 65.9. The number of fused-ring (bicyclic) bond motifs is 21. The molecule has 0 spiro atoms. The Morgan fingerprint density at radius 3 is 1.51 bits per heavy atom. The van der Waals surface area contributed by atoms with Gasteiger partial charge in [0.2, 0.25) is 40.4 Å². The number of aryl methyl sites for hydroxylation is 3. The van der Waals surface area contributed by atoms with E-state index in [2.05, 4.69) is 76.2 Å². The minimum Gasteiger partial charge on any atom is -0.475 e. The van der Waals surface area contributed by atoms with Crippen LogP contribution >= 0.6 is 0 Å². The molecule has 4 amide bonds. The van der Waals surface area contributed by atoms with Crippen LogP contribution in [0.4, 0.5) is 4.39 Å². The van der Waals surface area contributed by atoms with Crippen molar-refractivity contribution >= 4 is 53.7 Å². The highest BCUT2D eigenvalue weighted by Crippen LogP contribution is 2.40. The minimum absolute atomic E-state index is 0.0443. The molecule has 0 radical (unpaired) electrons. The summed E-state index contributed by atoms with van der Waals surface area (Å²) in [5.74, 6) is -1.75. The normalized spacial score (nSPS) is 17.5. The summed E-state index contributed by atoms with van der Waals surface area (Å²) in [4.78, 5) is 69.1. The molecule has 4 aliphatic rings. The fourth-order valence-electron chi connectivity index (χ4n) is 14.2. The molecule has 13 rings (SSSR count). The van der Waals surface area contributed by atoms with E-state index in [1.807, 2.05) is 106 Å². The van der Waals surface area contributed by atoms with Crippen molar-refractivity contribution in [1.29, 1.82) is 0 Å². The van der Waals surface area contributed by atoms with Gasteiger partial charge in [0.15, 0.2) is 5.03 Å². The van der Waals surface area contributed by atoms with Gasteiger partial charge in [-0.25, -0.2) is 46.6 Å². The standard InChI is InChI=1S/C29H37N5O4S.C27H33N5O5S.C24H27FN4O4S/c1-7-33-11-9-21-25(16-33)34-29(5,6)17-38-27-14-20(8-10-30-27)23-13-19(4)12-22(18(2)3)24(23)15-26(35)32-39(36,37)28(21)31-34;1-16(2)19-10-17(3)11-20-18-8-9-28-24(12-18)37-15-27(4,5)32-22(26(34)31(6)7)14-25(29-32)38(35,36)30-23(33)13-21(19)20;1-14(2)22-19-10-20(30)28-34(31,32)17-11-27-29(12-17)24(4,5)13-33-21-9-16(6-7-26-21)18(19)8-15(3)23(22)25/h8,10,12-14,18H,7,9,11,15-17H2,1-6H3,(H,32,35);8-12,14,16H,13,15H2,1-7H3,(H,30,33);6-9,11-12,14H,10,13H2,1-5H3,(H,28,30). The van der Waals surface area contributed by atoms with Crippen molar-refractivity contribution < 1.29 is 63.0 Å². The van der Waals surface area contributed by atoms with Crippen molar-refractivity contribution in [3.8, 4) is 51.0 Å². The van der Waals surface area contributed by atoms with E-state index in [1.165, 1.54) is 32.7 Å². The fourth-order valence-corrected chi connectivity index (χ4v) is 17.2. The van der Waals surface area contributed by atoms with E-state index in [9.17, 15) is 44.4 Å². The number of benzene rings is 3. The summed E-state index contributed by atoms with van der Waals surface area (Å²) in [6, 6.07) is 21.8. The number of nitrogens with zero attached hydrogens (tertiary/aromatic N) is 11. The van der Waals surface area contributed by atoms with Gasteiger partial charge in [0.25, 0.3) is 36.0 Å². The Labute approximate surface area is 648 Å². The lowest BCUT2D eigenvalue weighted by Gasteiger charge is -2.31. The molecular formula is C80H97FN14O13S3. The number of amides is 4. The van der Waals surface area contributed by atoms with E-state index in [1.54, 1.807) is 82.4 Å². The summed E-state index contributed by atoms with van der Waals surface area (Å²) in [7, 11) is -9.63. The van der Waals surface area contributed by atoms with Gasteiger partial charge in [-0.1, -0.05) is 83.9 Å². The van der Waals surface area contributed by atoms with Crippen molar-refractivity contribution in [2.45, 2.75) is 192 Å². The van der Waals surface area contributed by atoms with Crippen LogP contribution in [0.5, 0.6) is 17.6 Å². The van der Waals surface area contributed by atoms with Crippen LogP contribution in [0.3, 0.4) is 0 Å². The number of nitrogens with one attached hydrogen (secondary N) is 3. The average molecular weight is 1580 g/mol. The van der Waals surface area contributed by atoms with E-state index in [4.69, 9.17) is 14.2 Å². The van der Waals surface area contributed by atoms with Gasteiger partial charge in [-0.15, -0.1) is 0 Å². The second-order valence-electron chi connectivity index (χ2n) is 31.6. The van der Waals surface area contributed by atoms with E-state index in [-0.39, 0.29) is 72.5 Å². The predicted molar refractivity (Wildman–Crippen MR) is 416 cm³/mol. The first-order valence-electron chi connectivity index (χ1n) is 36.7. The summed E-state index contributed by atoms with van der Waals surface area (Å²) >= 11 is 0. The molecule has 10 heterocycles. The third-order valence-electron chi connectivity index (χ3n) is 19.9. The quantitative estimate of drug-likeness (QED) is 0.144. The smallest absolute Gasteiger partial charge is 0.283 e. The number of ether oxygens (including phenoxy) is 3. The molecule has 3 aromatic carbocycles. The molecular weight excluding hydrogens is 1480 g/mol. The van der Waals surface area contributed by atoms with Crippen LogP contribution in [0, 0.1) is 26.6 Å². The number of halogens is 1. The Kier molecular flexibility index (Phi) is 23.2. The van der Waals surface area contributed by atoms with Gasteiger partial charge in [0.05, 0.1) is 47.8 Å². The highest BCUT2D eigenvalue weighted by atomic mass is 32.2. The number of carbonyl (C=O) groups excluding carboxylic acids is 4. The van der Waals surface area contributed by atoms with Gasteiger partial charge in [0.1, 0.15) is 36.2 Å². The molecule has 12 bridgehead atoms. The van der Waals surface area contributed by atoms with E-state index >= 15 is 4.39 Å². The average Bonchev–Trinajstić information content (AvgIpc) is 1.61. The molecule has 31 heteroatoms. The van der Waals surface area contributed by atoms with Crippen molar-refractivity contribution in [3.05, 3.63) is 177 Å². The molecule has 0 saturated heterocycles. The van der Waals surface area contributed by atoms with Crippen LogP contribution in [-0.2, 0) is 93.3 Å². The summed E-state index contributed by atoms with van der Waals surface area (Å²) < 4.78 is 124. The van der Waals surface area contributed by atoms with Crippen LogP contribution in [0.15, 0.2) is 119 Å². The zero-order chi connectivity index (χ0) is 80.9.